The first kappa shape index (κ1) is 22.8. The van der Waals surface area contributed by atoms with E-state index in [0.29, 0.717) is 48.1 Å². The van der Waals surface area contributed by atoms with E-state index in [4.69, 9.17) is 16.3 Å². The highest BCUT2D eigenvalue weighted by atomic mass is 35.5. The molecule has 0 aliphatic carbocycles. The number of pyridine rings is 1. The van der Waals surface area contributed by atoms with Crippen molar-refractivity contribution in [1.82, 2.24) is 19.4 Å². The van der Waals surface area contributed by atoms with Crippen molar-refractivity contribution in [2.45, 2.75) is 38.9 Å². The number of halogens is 1. The molecule has 1 aliphatic rings. The van der Waals surface area contributed by atoms with Gasteiger partial charge in [0.2, 0.25) is 0 Å². The number of benzene rings is 1. The van der Waals surface area contributed by atoms with Crippen molar-refractivity contribution in [2.24, 2.45) is 0 Å². The maximum Gasteiger partial charge on any atom is 0.407 e. The van der Waals surface area contributed by atoms with Gasteiger partial charge in [-0.25, -0.2) is 14.6 Å². The van der Waals surface area contributed by atoms with Gasteiger partial charge in [-0.1, -0.05) is 30.7 Å². The zero-order valence-electron chi connectivity index (χ0n) is 18.7. The minimum Gasteiger partial charge on any atom is -0.497 e. The summed E-state index contributed by atoms with van der Waals surface area (Å²) in [6.45, 7) is 4.91. The first-order valence-corrected chi connectivity index (χ1v) is 11.2. The Morgan fingerprint density at radius 2 is 1.91 bits per heavy atom. The molecule has 0 spiro atoms. The summed E-state index contributed by atoms with van der Waals surface area (Å²) < 4.78 is 6.78. The first-order valence-electron chi connectivity index (χ1n) is 10.8. The van der Waals surface area contributed by atoms with E-state index in [1.54, 1.807) is 23.8 Å². The van der Waals surface area contributed by atoms with Gasteiger partial charge in [0.1, 0.15) is 16.4 Å². The second kappa shape index (κ2) is 9.27. The fraction of sp³-hybridized carbons (Fsp3) is 0.391. The van der Waals surface area contributed by atoms with Crippen LogP contribution in [0.15, 0.2) is 41.2 Å². The number of amides is 1. The predicted molar refractivity (Wildman–Crippen MR) is 127 cm³/mol. The number of carboxylic acid groups (broad SMARTS) is 1. The molecule has 1 fully saturated rings. The van der Waals surface area contributed by atoms with Crippen molar-refractivity contribution >= 4 is 34.5 Å². The van der Waals surface area contributed by atoms with Crippen LogP contribution >= 0.6 is 11.6 Å². The second-order valence-electron chi connectivity index (χ2n) is 8.15. The monoisotopic (exact) mass is 471 g/mol. The van der Waals surface area contributed by atoms with Gasteiger partial charge in [-0.3, -0.25) is 4.57 Å². The third-order valence-electron chi connectivity index (χ3n) is 6.10. The van der Waals surface area contributed by atoms with Crippen molar-refractivity contribution in [3.63, 3.8) is 0 Å². The average Bonchev–Trinajstić information content (AvgIpc) is 2.81. The molecule has 1 N–H and O–H groups in total. The Bertz CT molecular complexity index is 1230. The number of aromatic nitrogens is 3. The van der Waals surface area contributed by atoms with E-state index in [1.165, 1.54) is 4.90 Å². The molecule has 0 radical (unpaired) electrons. The summed E-state index contributed by atoms with van der Waals surface area (Å²) in [4.78, 5) is 37.2. The molecule has 0 saturated carbocycles. The number of nitrogens with zero attached hydrogens (tertiary/aromatic N) is 5. The van der Waals surface area contributed by atoms with Crippen LogP contribution in [0, 0.1) is 0 Å². The van der Waals surface area contributed by atoms with Crippen molar-refractivity contribution in [3.05, 3.63) is 57.6 Å². The van der Waals surface area contributed by atoms with Gasteiger partial charge >= 0.3 is 11.8 Å². The lowest BCUT2D eigenvalue weighted by atomic mass is 10.1. The molecule has 1 aliphatic heterocycles. The van der Waals surface area contributed by atoms with Crippen molar-refractivity contribution in [3.8, 4) is 5.75 Å². The molecule has 174 valence electrons. The Morgan fingerprint density at radius 3 is 2.55 bits per heavy atom. The lowest BCUT2D eigenvalue weighted by Gasteiger charge is -2.44. The number of piperazine rings is 1. The minimum absolute atomic E-state index is 0.183. The molecule has 3 aromatic rings. The summed E-state index contributed by atoms with van der Waals surface area (Å²) in [6, 6.07) is 10.5. The Hall–Kier alpha value is -3.33. The Balaban J connectivity index is 1.79. The molecule has 0 bridgehead atoms. The van der Waals surface area contributed by atoms with Crippen LogP contribution in [0.4, 0.5) is 10.6 Å². The van der Waals surface area contributed by atoms with Crippen LogP contribution in [0.2, 0.25) is 5.15 Å². The van der Waals surface area contributed by atoms with Gasteiger partial charge in [0.25, 0.3) is 0 Å². The number of hydrogen-bond acceptors (Lipinski definition) is 6. The van der Waals surface area contributed by atoms with Crippen molar-refractivity contribution in [2.75, 3.05) is 25.1 Å². The van der Waals surface area contributed by atoms with Crippen LogP contribution in [-0.2, 0) is 6.54 Å². The Labute approximate surface area is 196 Å². The fourth-order valence-corrected chi connectivity index (χ4v) is 4.45. The van der Waals surface area contributed by atoms with E-state index >= 15 is 0 Å². The predicted octanol–water partition coefficient (Wildman–Crippen LogP) is 3.47. The molecule has 9 nitrogen and oxygen atoms in total. The van der Waals surface area contributed by atoms with Gasteiger partial charge < -0.3 is 19.6 Å². The average molecular weight is 472 g/mol. The second-order valence-corrected chi connectivity index (χ2v) is 8.54. The molecule has 1 amide bonds. The molecule has 1 aromatic carbocycles. The molecule has 1 unspecified atom stereocenters. The topological polar surface area (TPSA) is 101 Å². The number of carbonyl (C=O) groups is 1. The lowest BCUT2D eigenvalue weighted by molar-refractivity contribution is 0.108. The van der Waals surface area contributed by atoms with Crippen LogP contribution in [0.3, 0.4) is 0 Å². The third kappa shape index (κ3) is 4.45. The molecular weight excluding hydrogens is 446 g/mol. The van der Waals surface area contributed by atoms with E-state index < -0.39 is 11.8 Å². The van der Waals surface area contributed by atoms with E-state index in [1.807, 2.05) is 43.0 Å². The highest BCUT2D eigenvalue weighted by Crippen LogP contribution is 2.29. The van der Waals surface area contributed by atoms with Crippen molar-refractivity contribution in [1.29, 1.82) is 0 Å². The summed E-state index contributed by atoms with van der Waals surface area (Å²) in [7, 11) is 1.60. The third-order valence-corrected chi connectivity index (χ3v) is 6.32. The quantitative estimate of drug-likeness (QED) is 0.568. The number of ether oxygens (including phenoxy) is 1. The van der Waals surface area contributed by atoms with E-state index in [9.17, 15) is 14.7 Å². The highest BCUT2D eigenvalue weighted by Gasteiger charge is 2.35. The molecule has 1 saturated heterocycles. The van der Waals surface area contributed by atoms with Crippen LogP contribution < -0.4 is 15.3 Å². The number of rotatable bonds is 5. The van der Waals surface area contributed by atoms with Gasteiger partial charge in [-0.15, -0.1) is 0 Å². The standard InChI is InChI=1S/C23H26ClN5O4/c1-4-16-13-27(14(2)11-28(16)23(31)32)21-20-18(9-10-19(24)25-20)29(22(30)26-21)12-15-5-7-17(33-3)8-6-15/h5-10,14,16H,4,11-13H2,1-3H3,(H,31,32)/t14?,16-/m0/s1. The first-order chi connectivity index (χ1) is 15.8. The Kier molecular flexibility index (Phi) is 6.42. The normalized spacial score (nSPS) is 18.5. The summed E-state index contributed by atoms with van der Waals surface area (Å²) in [5, 5.41) is 9.87. The van der Waals surface area contributed by atoms with E-state index in [2.05, 4.69) is 9.97 Å². The molecule has 2 aromatic heterocycles. The number of methoxy groups -OCH3 is 1. The van der Waals surface area contributed by atoms with Gasteiger partial charge in [-0.05, 0) is 43.2 Å². The lowest BCUT2D eigenvalue weighted by Crippen LogP contribution is -2.59. The van der Waals surface area contributed by atoms with Gasteiger partial charge in [0, 0.05) is 19.1 Å². The summed E-state index contributed by atoms with van der Waals surface area (Å²) in [5.74, 6) is 1.16. The maximum atomic E-state index is 13.2. The SMILES string of the molecule is CC[C@H]1CN(c2nc(=O)n(Cc3ccc(OC)cc3)c3ccc(Cl)nc23)C(C)CN1C(=O)O. The molecule has 2 atom stereocenters. The minimum atomic E-state index is -0.942. The molecule has 4 rings (SSSR count). The fourth-order valence-electron chi connectivity index (χ4n) is 4.30. The largest absolute Gasteiger partial charge is 0.497 e. The van der Waals surface area contributed by atoms with Gasteiger partial charge in [0.15, 0.2) is 5.82 Å². The molecule has 10 heteroatoms. The Morgan fingerprint density at radius 1 is 1.18 bits per heavy atom. The van der Waals surface area contributed by atoms with E-state index in [0.717, 1.165) is 11.3 Å². The van der Waals surface area contributed by atoms with Gasteiger partial charge in [-0.2, -0.15) is 4.98 Å². The van der Waals surface area contributed by atoms with Crippen LogP contribution in [0.25, 0.3) is 11.0 Å². The summed E-state index contributed by atoms with van der Waals surface area (Å²) >= 11 is 6.23. The van der Waals surface area contributed by atoms with Crippen LogP contribution in [-0.4, -0.2) is 62.9 Å². The number of anilines is 1. The highest BCUT2D eigenvalue weighted by molar-refractivity contribution is 6.29. The molecule has 33 heavy (non-hydrogen) atoms. The maximum absolute atomic E-state index is 13.2. The molecular formula is C23H26ClN5O4. The van der Waals surface area contributed by atoms with E-state index in [-0.39, 0.29) is 12.1 Å². The van der Waals surface area contributed by atoms with Gasteiger partial charge in [0.05, 0.1) is 25.2 Å². The number of hydrogen-bond donors (Lipinski definition) is 1. The summed E-state index contributed by atoms with van der Waals surface area (Å²) in [6.07, 6.45) is -0.293. The number of fused-ring (bicyclic) bond motifs is 1. The smallest absolute Gasteiger partial charge is 0.407 e. The van der Waals surface area contributed by atoms with Crippen LogP contribution in [0.1, 0.15) is 25.8 Å². The zero-order chi connectivity index (χ0) is 23.7. The molecule has 3 heterocycles. The zero-order valence-corrected chi connectivity index (χ0v) is 19.5. The summed E-state index contributed by atoms with van der Waals surface area (Å²) in [5.41, 5.74) is 1.64. The van der Waals surface area contributed by atoms with Crippen molar-refractivity contribution < 1.29 is 14.6 Å². The van der Waals surface area contributed by atoms with Crippen LogP contribution in [0.5, 0.6) is 5.75 Å².